The first-order chi connectivity index (χ1) is 8.69. The monoisotopic (exact) mass is 298 g/mol. The van der Waals surface area contributed by atoms with Gasteiger partial charge in [0.25, 0.3) is 0 Å². The molecule has 0 bridgehead atoms. The van der Waals surface area contributed by atoms with Crippen molar-refractivity contribution in [2.45, 2.75) is 10.6 Å². The highest BCUT2D eigenvalue weighted by Crippen LogP contribution is 2.29. The average molecular weight is 299 g/mol. The molecule has 2 rings (SSSR count). The first kappa shape index (κ1) is 13.5. The van der Waals surface area contributed by atoms with Crippen LogP contribution in [-0.2, 0) is 5.75 Å². The van der Waals surface area contributed by atoms with Crippen molar-refractivity contribution in [3.8, 4) is 0 Å². The van der Waals surface area contributed by atoms with E-state index in [0.717, 1.165) is 16.5 Å². The highest BCUT2D eigenvalue weighted by molar-refractivity contribution is 7.98. The molecule has 18 heavy (non-hydrogen) atoms. The lowest BCUT2D eigenvalue weighted by molar-refractivity contribution is 1.24. The van der Waals surface area contributed by atoms with Crippen molar-refractivity contribution in [2.75, 3.05) is 12.4 Å². The highest BCUT2D eigenvalue weighted by atomic mass is 35.5. The molecular weight excluding hydrogens is 287 g/mol. The van der Waals surface area contributed by atoms with E-state index in [-0.39, 0.29) is 0 Å². The van der Waals surface area contributed by atoms with Gasteiger partial charge in [-0.05, 0) is 35.9 Å². The Hall–Kier alpha value is -0.900. The zero-order chi connectivity index (χ0) is 13.0. The molecule has 0 fully saturated rings. The molecule has 0 saturated heterocycles. The maximum atomic E-state index is 5.98. The standard InChI is InChI=1S/C13H12Cl2N2S/c1-16-13-6-9(4-5-17-13)8-18-10-2-3-11(14)12(15)7-10/h2-7H,8H2,1H3,(H,16,17). The van der Waals surface area contributed by atoms with E-state index in [1.165, 1.54) is 5.56 Å². The molecule has 1 heterocycles. The summed E-state index contributed by atoms with van der Waals surface area (Å²) in [6.07, 6.45) is 1.80. The SMILES string of the molecule is CNc1cc(CSc2ccc(Cl)c(Cl)c2)ccn1. The lowest BCUT2D eigenvalue weighted by atomic mass is 10.3. The Morgan fingerprint density at radius 3 is 2.72 bits per heavy atom. The summed E-state index contributed by atoms with van der Waals surface area (Å²) in [6.45, 7) is 0. The van der Waals surface area contributed by atoms with E-state index in [0.29, 0.717) is 10.0 Å². The number of benzene rings is 1. The van der Waals surface area contributed by atoms with Gasteiger partial charge in [-0.2, -0.15) is 0 Å². The summed E-state index contributed by atoms with van der Waals surface area (Å²) < 4.78 is 0. The summed E-state index contributed by atoms with van der Waals surface area (Å²) in [7, 11) is 1.86. The molecule has 1 aromatic carbocycles. The predicted octanol–water partition coefficient (Wildman–Crippen LogP) is 4.72. The van der Waals surface area contributed by atoms with Gasteiger partial charge in [-0.1, -0.05) is 23.2 Å². The van der Waals surface area contributed by atoms with E-state index >= 15 is 0 Å². The summed E-state index contributed by atoms with van der Waals surface area (Å²) in [4.78, 5) is 5.28. The fourth-order valence-electron chi connectivity index (χ4n) is 1.43. The number of nitrogens with one attached hydrogen (secondary N) is 1. The number of nitrogens with zero attached hydrogens (tertiary/aromatic N) is 1. The van der Waals surface area contributed by atoms with Crippen molar-refractivity contribution in [1.29, 1.82) is 0 Å². The lowest BCUT2D eigenvalue weighted by Crippen LogP contribution is -1.92. The van der Waals surface area contributed by atoms with E-state index in [9.17, 15) is 0 Å². The summed E-state index contributed by atoms with van der Waals surface area (Å²) in [6, 6.07) is 9.71. The van der Waals surface area contributed by atoms with Gasteiger partial charge < -0.3 is 5.32 Å². The topological polar surface area (TPSA) is 24.9 Å². The van der Waals surface area contributed by atoms with Crippen molar-refractivity contribution in [3.05, 3.63) is 52.1 Å². The molecule has 1 N–H and O–H groups in total. The second-order valence-corrected chi connectivity index (χ2v) is 5.53. The first-order valence-electron chi connectivity index (χ1n) is 5.39. The van der Waals surface area contributed by atoms with Crippen LogP contribution in [-0.4, -0.2) is 12.0 Å². The zero-order valence-corrected chi connectivity index (χ0v) is 12.1. The molecule has 0 spiro atoms. The maximum absolute atomic E-state index is 5.98. The molecule has 5 heteroatoms. The molecule has 0 atom stereocenters. The minimum atomic E-state index is 0.586. The Balaban J connectivity index is 2.04. The van der Waals surface area contributed by atoms with Crippen LogP contribution in [0.15, 0.2) is 41.4 Å². The van der Waals surface area contributed by atoms with Gasteiger partial charge in [-0.25, -0.2) is 4.98 Å². The number of anilines is 1. The quantitative estimate of drug-likeness (QED) is 0.827. The van der Waals surface area contributed by atoms with Crippen LogP contribution in [0.1, 0.15) is 5.56 Å². The van der Waals surface area contributed by atoms with Gasteiger partial charge in [-0.3, -0.25) is 0 Å². The van der Waals surface area contributed by atoms with Gasteiger partial charge in [0.15, 0.2) is 0 Å². The molecule has 1 aromatic heterocycles. The van der Waals surface area contributed by atoms with Crippen LogP contribution < -0.4 is 5.32 Å². The van der Waals surface area contributed by atoms with E-state index < -0.39 is 0 Å². The Bertz CT molecular complexity index is 546. The Kier molecular flexibility index (Phi) is 4.75. The Morgan fingerprint density at radius 1 is 1.17 bits per heavy atom. The van der Waals surface area contributed by atoms with Crippen LogP contribution in [0.4, 0.5) is 5.82 Å². The molecule has 94 valence electrons. The van der Waals surface area contributed by atoms with Gasteiger partial charge in [-0.15, -0.1) is 11.8 Å². The molecular formula is C13H12Cl2N2S. The van der Waals surface area contributed by atoms with Crippen LogP contribution in [0.3, 0.4) is 0 Å². The Morgan fingerprint density at radius 2 is 2.00 bits per heavy atom. The third-order valence-corrected chi connectivity index (χ3v) is 4.18. The largest absolute Gasteiger partial charge is 0.373 e. The number of thioether (sulfide) groups is 1. The minimum Gasteiger partial charge on any atom is -0.373 e. The molecule has 2 nitrogen and oxygen atoms in total. The second kappa shape index (κ2) is 6.32. The highest BCUT2D eigenvalue weighted by Gasteiger charge is 2.01. The summed E-state index contributed by atoms with van der Waals surface area (Å²) in [5, 5.41) is 4.20. The van der Waals surface area contributed by atoms with E-state index in [1.807, 2.05) is 37.4 Å². The summed E-state index contributed by atoms with van der Waals surface area (Å²) in [5.41, 5.74) is 1.21. The molecule has 0 amide bonds. The normalized spacial score (nSPS) is 10.4. The van der Waals surface area contributed by atoms with Crippen molar-refractivity contribution in [1.82, 2.24) is 4.98 Å². The lowest BCUT2D eigenvalue weighted by Gasteiger charge is -2.05. The fourth-order valence-corrected chi connectivity index (χ4v) is 2.68. The molecule has 0 unspecified atom stereocenters. The van der Waals surface area contributed by atoms with Gasteiger partial charge in [0.1, 0.15) is 5.82 Å². The first-order valence-corrected chi connectivity index (χ1v) is 7.14. The third-order valence-electron chi connectivity index (χ3n) is 2.38. The summed E-state index contributed by atoms with van der Waals surface area (Å²) in [5.74, 6) is 1.75. The zero-order valence-electron chi connectivity index (χ0n) is 9.78. The smallest absolute Gasteiger partial charge is 0.125 e. The molecule has 0 aliphatic heterocycles. The van der Waals surface area contributed by atoms with Gasteiger partial charge in [0, 0.05) is 23.9 Å². The van der Waals surface area contributed by atoms with Crippen molar-refractivity contribution < 1.29 is 0 Å². The number of rotatable bonds is 4. The van der Waals surface area contributed by atoms with Crippen LogP contribution in [0, 0.1) is 0 Å². The third kappa shape index (κ3) is 3.55. The number of aromatic nitrogens is 1. The fraction of sp³-hybridized carbons (Fsp3) is 0.154. The van der Waals surface area contributed by atoms with Crippen LogP contribution in [0.25, 0.3) is 0 Å². The molecule has 0 saturated carbocycles. The summed E-state index contributed by atoms with van der Waals surface area (Å²) >= 11 is 13.6. The number of halogens is 2. The second-order valence-electron chi connectivity index (χ2n) is 3.66. The van der Waals surface area contributed by atoms with Gasteiger partial charge in [0.05, 0.1) is 10.0 Å². The van der Waals surface area contributed by atoms with E-state index in [2.05, 4.69) is 10.3 Å². The number of hydrogen-bond acceptors (Lipinski definition) is 3. The Labute approximate surface area is 121 Å². The van der Waals surface area contributed by atoms with E-state index in [4.69, 9.17) is 23.2 Å². The van der Waals surface area contributed by atoms with Crippen LogP contribution in [0.5, 0.6) is 0 Å². The van der Waals surface area contributed by atoms with Crippen molar-refractivity contribution in [3.63, 3.8) is 0 Å². The van der Waals surface area contributed by atoms with E-state index in [1.54, 1.807) is 18.0 Å². The molecule has 0 aliphatic rings. The van der Waals surface area contributed by atoms with Gasteiger partial charge in [0.2, 0.25) is 0 Å². The maximum Gasteiger partial charge on any atom is 0.125 e. The van der Waals surface area contributed by atoms with Gasteiger partial charge >= 0.3 is 0 Å². The van der Waals surface area contributed by atoms with Crippen LogP contribution >= 0.6 is 35.0 Å². The molecule has 0 aliphatic carbocycles. The van der Waals surface area contributed by atoms with Crippen molar-refractivity contribution >= 4 is 40.8 Å². The predicted molar refractivity (Wildman–Crippen MR) is 79.8 cm³/mol. The molecule has 0 radical (unpaired) electrons. The number of pyridine rings is 1. The molecule has 2 aromatic rings. The minimum absolute atomic E-state index is 0.586. The average Bonchev–Trinajstić information content (AvgIpc) is 2.40. The number of hydrogen-bond donors (Lipinski definition) is 1. The van der Waals surface area contributed by atoms with Crippen molar-refractivity contribution in [2.24, 2.45) is 0 Å². The van der Waals surface area contributed by atoms with Crippen LogP contribution in [0.2, 0.25) is 10.0 Å².